The lowest BCUT2D eigenvalue weighted by atomic mass is 10.0. The van der Waals surface area contributed by atoms with Crippen LogP contribution in [0.2, 0.25) is 0 Å². The zero-order chi connectivity index (χ0) is 26.2. The highest BCUT2D eigenvalue weighted by atomic mass is 16.5. The highest BCUT2D eigenvalue weighted by Gasteiger charge is 2.33. The molecule has 3 rings (SSSR count). The number of carbonyl (C=O) groups is 3. The highest BCUT2D eigenvalue weighted by molar-refractivity contribution is 6.08. The Morgan fingerprint density at radius 1 is 1.14 bits per heavy atom. The van der Waals surface area contributed by atoms with Crippen molar-refractivity contribution in [3.05, 3.63) is 70.3 Å². The first kappa shape index (κ1) is 26.9. The van der Waals surface area contributed by atoms with Gasteiger partial charge in [-0.15, -0.1) is 0 Å². The van der Waals surface area contributed by atoms with Crippen LogP contribution in [-0.4, -0.2) is 78.7 Å². The lowest BCUT2D eigenvalue weighted by Crippen LogP contribution is -2.54. The molecule has 9 heteroatoms. The molecule has 1 atom stereocenters. The molecule has 36 heavy (non-hydrogen) atoms. The van der Waals surface area contributed by atoms with Crippen LogP contribution in [0.3, 0.4) is 0 Å². The number of likely N-dealkylation sites (tertiary alicyclic amines) is 1. The summed E-state index contributed by atoms with van der Waals surface area (Å²) >= 11 is 0. The van der Waals surface area contributed by atoms with Crippen molar-refractivity contribution in [2.24, 2.45) is 0 Å². The number of nitrogens with zero attached hydrogens (tertiary/aromatic N) is 2. The fourth-order valence-electron chi connectivity index (χ4n) is 4.01. The lowest BCUT2D eigenvalue weighted by molar-refractivity contribution is -0.140. The smallest absolute Gasteiger partial charge is 0.275 e. The number of aryl methyl sites for hydroxylation is 1. The minimum absolute atomic E-state index is 0.294. The standard InChI is InChI=1S/C27H32N4O5/c1-5-36-23-16-31(17-23)15-20-8-6-19(7-9-20)10-11-21-12-13-22(14-18(21)2)27(34)30(4)24(25(32)28-3)26(33)29-35/h6-9,12-14,23-24,35H,5,15-17H2,1-4H3,(H,28,32)(H,29,33). The van der Waals surface area contributed by atoms with Crippen molar-refractivity contribution in [1.29, 1.82) is 0 Å². The maximum absolute atomic E-state index is 12.9. The number of ether oxygens (including phenoxy) is 1. The van der Waals surface area contributed by atoms with Gasteiger partial charge in [0.15, 0.2) is 6.04 Å². The van der Waals surface area contributed by atoms with Crippen LogP contribution < -0.4 is 10.8 Å². The fraction of sp³-hybridized carbons (Fsp3) is 0.370. The third-order valence-corrected chi connectivity index (χ3v) is 6.06. The van der Waals surface area contributed by atoms with Gasteiger partial charge in [0.25, 0.3) is 17.7 Å². The molecule has 0 radical (unpaired) electrons. The largest absolute Gasteiger partial charge is 0.376 e. The monoisotopic (exact) mass is 492 g/mol. The topological polar surface area (TPSA) is 111 Å². The summed E-state index contributed by atoms with van der Waals surface area (Å²) in [5.74, 6) is 4.03. The van der Waals surface area contributed by atoms with Crippen LogP contribution >= 0.6 is 0 Å². The molecule has 0 spiro atoms. The Hall–Kier alpha value is -3.71. The Morgan fingerprint density at radius 2 is 1.83 bits per heavy atom. The molecule has 1 heterocycles. The Morgan fingerprint density at radius 3 is 2.42 bits per heavy atom. The van der Waals surface area contributed by atoms with E-state index >= 15 is 0 Å². The molecule has 190 valence electrons. The van der Waals surface area contributed by atoms with Crippen molar-refractivity contribution < 1.29 is 24.3 Å². The Bertz CT molecular complexity index is 1150. The van der Waals surface area contributed by atoms with E-state index in [1.807, 2.05) is 26.0 Å². The molecule has 3 amide bonds. The summed E-state index contributed by atoms with van der Waals surface area (Å²) < 4.78 is 5.60. The molecule has 0 aromatic heterocycles. The van der Waals surface area contributed by atoms with Crippen LogP contribution in [0.4, 0.5) is 0 Å². The zero-order valence-electron chi connectivity index (χ0n) is 21.0. The first-order chi connectivity index (χ1) is 17.3. The van der Waals surface area contributed by atoms with E-state index in [0.29, 0.717) is 11.7 Å². The molecule has 2 aromatic carbocycles. The summed E-state index contributed by atoms with van der Waals surface area (Å²) in [5, 5.41) is 11.3. The third-order valence-electron chi connectivity index (χ3n) is 6.06. The van der Waals surface area contributed by atoms with E-state index in [0.717, 1.165) is 47.8 Å². The van der Waals surface area contributed by atoms with Gasteiger partial charge in [0.05, 0.1) is 6.10 Å². The summed E-state index contributed by atoms with van der Waals surface area (Å²) in [5.41, 5.74) is 5.37. The van der Waals surface area contributed by atoms with Crippen molar-refractivity contribution in [1.82, 2.24) is 20.6 Å². The minimum atomic E-state index is -1.51. The Kier molecular flexibility index (Phi) is 9.19. The predicted molar refractivity (Wildman–Crippen MR) is 134 cm³/mol. The Labute approximate surface area is 211 Å². The molecule has 2 aromatic rings. The molecule has 1 aliphatic rings. The summed E-state index contributed by atoms with van der Waals surface area (Å²) in [6.07, 6.45) is 0.350. The van der Waals surface area contributed by atoms with Crippen molar-refractivity contribution in [2.75, 3.05) is 33.8 Å². The molecule has 0 saturated carbocycles. The van der Waals surface area contributed by atoms with Crippen LogP contribution in [0.5, 0.6) is 0 Å². The van der Waals surface area contributed by atoms with Gasteiger partial charge in [0, 0.05) is 57.0 Å². The average molecular weight is 493 g/mol. The van der Waals surface area contributed by atoms with E-state index in [1.165, 1.54) is 25.1 Å². The number of amides is 3. The molecule has 1 fully saturated rings. The number of likely N-dealkylation sites (N-methyl/N-ethyl adjacent to an activating group) is 2. The number of hydrogen-bond donors (Lipinski definition) is 3. The van der Waals surface area contributed by atoms with Crippen molar-refractivity contribution in [2.45, 2.75) is 32.5 Å². The van der Waals surface area contributed by atoms with E-state index in [4.69, 9.17) is 9.94 Å². The molecule has 0 bridgehead atoms. The SMILES string of the molecule is CCOC1CN(Cc2ccc(C#Cc3ccc(C(=O)N(C)C(C(=O)NC)C(=O)NO)cc3C)cc2)C1. The second-order valence-electron chi connectivity index (χ2n) is 8.66. The molecule has 0 aliphatic carbocycles. The molecule has 1 saturated heterocycles. The van der Waals surface area contributed by atoms with Crippen molar-refractivity contribution in [3.63, 3.8) is 0 Å². The number of carbonyl (C=O) groups excluding carboxylic acids is 3. The van der Waals surface area contributed by atoms with Gasteiger partial charge in [-0.25, -0.2) is 5.48 Å². The predicted octanol–water partition coefficient (Wildman–Crippen LogP) is 1.31. The molecule has 1 unspecified atom stereocenters. The fourth-order valence-corrected chi connectivity index (χ4v) is 4.01. The van der Waals surface area contributed by atoms with Crippen LogP contribution in [0.15, 0.2) is 42.5 Å². The first-order valence-electron chi connectivity index (χ1n) is 11.8. The second-order valence-corrected chi connectivity index (χ2v) is 8.66. The van der Waals surface area contributed by atoms with Crippen molar-refractivity contribution in [3.8, 4) is 11.8 Å². The van der Waals surface area contributed by atoms with Crippen LogP contribution in [0, 0.1) is 18.8 Å². The summed E-state index contributed by atoms with van der Waals surface area (Å²) in [4.78, 5) is 40.2. The highest BCUT2D eigenvalue weighted by Crippen LogP contribution is 2.17. The van der Waals surface area contributed by atoms with Gasteiger partial charge in [0.1, 0.15) is 0 Å². The van der Waals surface area contributed by atoms with E-state index in [-0.39, 0.29) is 0 Å². The molecular weight excluding hydrogens is 460 g/mol. The van der Waals surface area contributed by atoms with Gasteiger partial charge in [0.2, 0.25) is 0 Å². The van der Waals surface area contributed by atoms with Gasteiger partial charge in [-0.05, 0) is 55.3 Å². The van der Waals surface area contributed by atoms with E-state index < -0.39 is 23.8 Å². The van der Waals surface area contributed by atoms with Gasteiger partial charge in [-0.1, -0.05) is 24.0 Å². The normalized spacial score (nSPS) is 14.1. The zero-order valence-corrected chi connectivity index (χ0v) is 21.0. The van der Waals surface area contributed by atoms with Gasteiger partial charge >= 0.3 is 0 Å². The van der Waals surface area contributed by atoms with Gasteiger partial charge in [-0.2, -0.15) is 0 Å². The third kappa shape index (κ3) is 6.49. The summed E-state index contributed by atoms with van der Waals surface area (Å²) in [7, 11) is 2.66. The summed E-state index contributed by atoms with van der Waals surface area (Å²) in [6, 6.07) is 11.6. The molecule has 3 N–H and O–H groups in total. The number of nitrogens with one attached hydrogen (secondary N) is 2. The average Bonchev–Trinajstić information content (AvgIpc) is 2.86. The van der Waals surface area contributed by atoms with Crippen LogP contribution in [0.25, 0.3) is 0 Å². The molecular formula is C27H32N4O5. The van der Waals surface area contributed by atoms with Crippen molar-refractivity contribution >= 4 is 17.7 Å². The van der Waals surface area contributed by atoms with Gasteiger partial charge in [-0.3, -0.25) is 24.5 Å². The number of rotatable bonds is 8. The number of benzene rings is 2. The second kappa shape index (κ2) is 12.3. The first-order valence-corrected chi connectivity index (χ1v) is 11.8. The van der Waals surface area contributed by atoms with E-state index in [1.54, 1.807) is 18.2 Å². The number of hydroxylamine groups is 1. The lowest BCUT2D eigenvalue weighted by Gasteiger charge is -2.38. The quantitative estimate of drug-likeness (QED) is 0.222. The molecule has 9 nitrogen and oxygen atoms in total. The van der Waals surface area contributed by atoms with Crippen LogP contribution in [0.1, 0.15) is 39.5 Å². The minimum Gasteiger partial charge on any atom is -0.376 e. The summed E-state index contributed by atoms with van der Waals surface area (Å²) in [6.45, 7) is 7.42. The molecule has 1 aliphatic heterocycles. The van der Waals surface area contributed by atoms with E-state index in [2.05, 4.69) is 34.2 Å². The van der Waals surface area contributed by atoms with E-state index in [9.17, 15) is 14.4 Å². The maximum atomic E-state index is 12.9. The van der Waals surface area contributed by atoms with Gasteiger partial charge < -0.3 is 15.0 Å². The van der Waals surface area contributed by atoms with Crippen LogP contribution in [-0.2, 0) is 20.9 Å². The Balaban J connectivity index is 1.65. The maximum Gasteiger partial charge on any atom is 0.275 e. The number of hydrogen-bond acceptors (Lipinski definition) is 6.